The Labute approximate surface area is 193 Å². The number of benzene rings is 1. The van der Waals surface area contributed by atoms with E-state index in [4.69, 9.17) is 0 Å². The van der Waals surface area contributed by atoms with Gasteiger partial charge in [0.2, 0.25) is 0 Å². The average molecular weight is 443 g/mol. The lowest BCUT2D eigenvalue weighted by Crippen LogP contribution is -2.32. The maximum absolute atomic E-state index is 13.1. The summed E-state index contributed by atoms with van der Waals surface area (Å²) in [6.45, 7) is 3.55. The Bertz CT molecular complexity index is 1170. The van der Waals surface area contributed by atoms with Crippen LogP contribution in [0.3, 0.4) is 0 Å². The van der Waals surface area contributed by atoms with E-state index in [2.05, 4.69) is 49.4 Å². The van der Waals surface area contributed by atoms with E-state index in [9.17, 15) is 4.39 Å². The molecule has 0 atom stereocenters. The average Bonchev–Trinajstić information content (AvgIpc) is 3.28. The first-order valence-corrected chi connectivity index (χ1v) is 11.4. The number of piperidine rings is 1. The van der Waals surface area contributed by atoms with Crippen LogP contribution in [0.2, 0.25) is 0 Å². The van der Waals surface area contributed by atoms with Crippen molar-refractivity contribution in [1.82, 2.24) is 29.9 Å². The van der Waals surface area contributed by atoms with E-state index in [-0.39, 0.29) is 5.82 Å². The van der Waals surface area contributed by atoms with Crippen LogP contribution < -0.4 is 0 Å². The Morgan fingerprint density at radius 3 is 2.58 bits per heavy atom. The minimum atomic E-state index is -0.296. The molecular formula is C26H27FN6. The molecule has 0 amide bonds. The molecule has 1 aromatic carbocycles. The topological polar surface area (TPSA) is 59.7 Å². The maximum Gasteiger partial charge on any atom is 0.141 e. The zero-order valence-corrected chi connectivity index (χ0v) is 18.5. The first-order valence-electron chi connectivity index (χ1n) is 11.4. The minimum absolute atomic E-state index is 0.296. The molecule has 0 aliphatic carbocycles. The van der Waals surface area contributed by atoms with Crippen molar-refractivity contribution in [2.45, 2.75) is 38.3 Å². The molecule has 4 aromatic rings. The molecule has 3 aromatic heterocycles. The Balaban J connectivity index is 1.14. The molecule has 168 valence electrons. The van der Waals surface area contributed by atoms with Gasteiger partial charge >= 0.3 is 0 Å². The van der Waals surface area contributed by atoms with Crippen LogP contribution in [0.5, 0.6) is 0 Å². The maximum atomic E-state index is 13.1. The summed E-state index contributed by atoms with van der Waals surface area (Å²) in [6, 6.07) is 17.9. The summed E-state index contributed by atoms with van der Waals surface area (Å²) in [5.41, 5.74) is 5.47. The highest BCUT2D eigenvalue weighted by Crippen LogP contribution is 2.29. The van der Waals surface area contributed by atoms with E-state index in [0.29, 0.717) is 12.5 Å². The number of nitrogens with zero attached hydrogens (tertiary/aromatic N) is 6. The molecule has 4 heterocycles. The third-order valence-electron chi connectivity index (χ3n) is 6.21. The standard InChI is InChI=1S/C26H27FN6/c27-23-7-8-24(29-16-23)15-20-4-3-5-22(14-20)21-9-12-32(13-10-21)17-26-19-33(31-30-26)18-25-6-1-2-11-28-25/h1-8,11,14,16,19,21H,9-10,12-13,15,17-18H2. The van der Waals surface area contributed by atoms with Gasteiger partial charge in [-0.2, -0.15) is 0 Å². The lowest BCUT2D eigenvalue weighted by Gasteiger charge is -2.31. The van der Waals surface area contributed by atoms with E-state index in [1.54, 1.807) is 12.3 Å². The summed E-state index contributed by atoms with van der Waals surface area (Å²) in [5.74, 6) is 0.261. The van der Waals surface area contributed by atoms with Gasteiger partial charge in [-0.3, -0.25) is 14.9 Å². The van der Waals surface area contributed by atoms with Gasteiger partial charge in [-0.15, -0.1) is 5.10 Å². The van der Waals surface area contributed by atoms with Gasteiger partial charge in [-0.25, -0.2) is 9.07 Å². The number of hydrogen-bond acceptors (Lipinski definition) is 5. The number of aromatic nitrogens is 5. The van der Waals surface area contributed by atoms with Crippen molar-refractivity contribution in [1.29, 1.82) is 0 Å². The zero-order chi connectivity index (χ0) is 22.5. The van der Waals surface area contributed by atoms with E-state index in [0.717, 1.165) is 56.0 Å². The Morgan fingerprint density at radius 1 is 0.879 bits per heavy atom. The fraction of sp³-hybridized carbons (Fsp3) is 0.308. The summed E-state index contributed by atoms with van der Waals surface area (Å²) in [6.07, 6.45) is 8.08. The van der Waals surface area contributed by atoms with Crippen molar-refractivity contribution in [2.24, 2.45) is 0 Å². The minimum Gasteiger partial charge on any atom is -0.297 e. The summed E-state index contributed by atoms with van der Waals surface area (Å²) in [4.78, 5) is 11.0. The molecule has 33 heavy (non-hydrogen) atoms. The number of halogens is 1. The monoisotopic (exact) mass is 442 g/mol. The SMILES string of the molecule is Fc1ccc(Cc2cccc(C3CCN(Cc4cn(Cc5ccccn5)nn4)CC3)c2)nc1. The predicted molar refractivity (Wildman–Crippen MR) is 124 cm³/mol. The Morgan fingerprint density at radius 2 is 1.79 bits per heavy atom. The van der Waals surface area contributed by atoms with E-state index in [1.165, 1.54) is 23.4 Å². The van der Waals surface area contributed by atoms with Crippen molar-refractivity contribution < 1.29 is 4.39 Å². The van der Waals surface area contributed by atoms with Crippen molar-refractivity contribution in [3.05, 3.63) is 107 Å². The summed E-state index contributed by atoms with van der Waals surface area (Å²) in [7, 11) is 0. The summed E-state index contributed by atoms with van der Waals surface area (Å²) < 4.78 is 15.0. The highest BCUT2D eigenvalue weighted by molar-refractivity contribution is 5.30. The molecule has 1 saturated heterocycles. The molecule has 0 bridgehead atoms. The Kier molecular flexibility index (Phi) is 6.48. The van der Waals surface area contributed by atoms with Gasteiger partial charge in [0.1, 0.15) is 5.82 Å². The fourth-order valence-corrected chi connectivity index (χ4v) is 4.48. The molecule has 1 aliphatic heterocycles. The molecule has 7 heteroatoms. The number of hydrogen-bond donors (Lipinski definition) is 0. The quantitative estimate of drug-likeness (QED) is 0.429. The summed E-state index contributed by atoms with van der Waals surface area (Å²) in [5, 5.41) is 8.62. The van der Waals surface area contributed by atoms with Crippen molar-refractivity contribution in [3.63, 3.8) is 0 Å². The number of likely N-dealkylation sites (tertiary alicyclic amines) is 1. The van der Waals surface area contributed by atoms with Crippen molar-refractivity contribution in [3.8, 4) is 0 Å². The van der Waals surface area contributed by atoms with Gasteiger partial charge in [0, 0.05) is 24.9 Å². The highest BCUT2D eigenvalue weighted by atomic mass is 19.1. The molecule has 0 saturated carbocycles. The predicted octanol–water partition coefficient (Wildman–Crippen LogP) is 4.23. The first kappa shape index (κ1) is 21.4. The number of pyridine rings is 2. The van der Waals surface area contributed by atoms with Gasteiger partial charge < -0.3 is 0 Å². The van der Waals surface area contributed by atoms with Gasteiger partial charge in [0.25, 0.3) is 0 Å². The van der Waals surface area contributed by atoms with Crippen LogP contribution in [-0.4, -0.2) is 43.0 Å². The normalized spacial score (nSPS) is 15.1. The van der Waals surface area contributed by atoms with Gasteiger partial charge in [-0.1, -0.05) is 35.5 Å². The van der Waals surface area contributed by atoms with Crippen LogP contribution >= 0.6 is 0 Å². The number of rotatable bonds is 7. The van der Waals surface area contributed by atoms with Crippen LogP contribution in [-0.2, 0) is 19.5 Å². The van der Waals surface area contributed by atoms with Gasteiger partial charge in [-0.05, 0) is 67.2 Å². The second-order valence-electron chi connectivity index (χ2n) is 8.67. The largest absolute Gasteiger partial charge is 0.297 e. The first-order chi connectivity index (χ1) is 16.2. The second kappa shape index (κ2) is 10.0. The highest BCUT2D eigenvalue weighted by Gasteiger charge is 2.21. The Hall–Kier alpha value is -3.45. The second-order valence-corrected chi connectivity index (χ2v) is 8.67. The van der Waals surface area contributed by atoms with E-state index >= 15 is 0 Å². The van der Waals surface area contributed by atoms with Crippen LogP contribution in [0.1, 0.15) is 47.0 Å². The molecule has 0 radical (unpaired) electrons. The van der Waals surface area contributed by atoms with Gasteiger partial charge in [0.05, 0.1) is 30.3 Å². The van der Waals surface area contributed by atoms with Crippen LogP contribution in [0.25, 0.3) is 0 Å². The zero-order valence-electron chi connectivity index (χ0n) is 18.5. The third-order valence-corrected chi connectivity index (χ3v) is 6.21. The summed E-state index contributed by atoms with van der Waals surface area (Å²) >= 11 is 0. The molecular weight excluding hydrogens is 415 g/mol. The molecule has 5 rings (SSSR count). The molecule has 6 nitrogen and oxygen atoms in total. The fourth-order valence-electron chi connectivity index (χ4n) is 4.48. The van der Waals surface area contributed by atoms with E-state index in [1.807, 2.05) is 29.1 Å². The molecule has 0 N–H and O–H groups in total. The van der Waals surface area contributed by atoms with Crippen molar-refractivity contribution >= 4 is 0 Å². The molecule has 1 aliphatic rings. The van der Waals surface area contributed by atoms with Crippen LogP contribution in [0.15, 0.2) is 73.2 Å². The van der Waals surface area contributed by atoms with E-state index < -0.39 is 0 Å². The molecule has 1 fully saturated rings. The molecule has 0 spiro atoms. The molecule has 0 unspecified atom stereocenters. The lowest BCUT2D eigenvalue weighted by molar-refractivity contribution is 0.202. The van der Waals surface area contributed by atoms with Crippen LogP contribution in [0, 0.1) is 5.82 Å². The lowest BCUT2D eigenvalue weighted by atomic mass is 9.88. The smallest absolute Gasteiger partial charge is 0.141 e. The van der Waals surface area contributed by atoms with Crippen molar-refractivity contribution in [2.75, 3.05) is 13.1 Å². The van der Waals surface area contributed by atoms with Crippen LogP contribution in [0.4, 0.5) is 4.39 Å². The van der Waals surface area contributed by atoms with Gasteiger partial charge in [0.15, 0.2) is 0 Å². The third kappa shape index (κ3) is 5.68.